The summed E-state index contributed by atoms with van der Waals surface area (Å²) >= 11 is 0. The minimum absolute atomic E-state index is 0.385. The van der Waals surface area contributed by atoms with E-state index in [9.17, 15) is 0 Å². The molecule has 1 aliphatic rings. The molecule has 4 heteroatoms. The lowest BCUT2D eigenvalue weighted by atomic mass is 9.92. The standard InChI is InChI=1S/C53H32N2O2/c1-2-13-32-30-48-44(28-31(32)12-1)39-20-9-10-23-46(39)55(48)47-26-24-41(37-18-7-8-19-38(37)47)53-54-45-25-27-49-50(52(45)57-53)42-22-11-21-40(51(42)56-49)43-29-33-14-3-4-15-34(33)35-16-5-6-17-36(35)43/h1-30,53-54H. The molecule has 0 amide bonds. The molecule has 57 heavy (non-hydrogen) atoms. The van der Waals surface area contributed by atoms with Gasteiger partial charge in [0.2, 0.25) is 0 Å². The molecule has 1 atom stereocenters. The van der Waals surface area contributed by atoms with Crippen LogP contribution < -0.4 is 10.1 Å². The molecule has 0 saturated heterocycles. The quantitative estimate of drug-likeness (QED) is 0.184. The molecule has 3 heterocycles. The number of aromatic nitrogens is 1. The van der Waals surface area contributed by atoms with E-state index in [2.05, 4.69) is 192 Å². The summed E-state index contributed by atoms with van der Waals surface area (Å²) in [5.74, 6) is 0.819. The number of hydrogen-bond donors (Lipinski definition) is 1. The fourth-order valence-corrected chi connectivity index (χ4v) is 9.66. The summed E-state index contributed by atoms with van der Waals surface area (Å²) in [4.78, 5) is 0. The first-order chi connectivity index (χ1) is 28.3. The molecule has 10 aromatic carbocycles. The highest BCUT2D eigenvalue weighted by atomic mass is 16.5. The van der Waals surface area contributed by atoms with Gasteiger partial charge in [-0.15, -0.1) is 0 Å². The Labute approximate surface area is 326 Å². The summed E-state index contributed by atoms with van der Waals surface area (Å²) in [5.41, 5.74) is 9.47. The Kier molecular flexibility index (Phi) is 6.19. The molecular formula is C53H32N2O2. The van der Waals surface area contributed by atoms with Gasteiger partial charge in [-0.05, 0) is 85.7 Å². The number of ether oxygens (including phenoxy) is 1. The number of furan rings is 1. The van der Waals surface area contributed by atoms with Crippen LogP contribution in [0.4, 0.5) is 5.69 Å². The highest BCUT2D eigenvalue weighted by Gasteiger charge is 2.30. The van der Waals surface area contributed by atoms with Gasteiger partial charge in [-0.2, -0.15) is 0 Å². The SMILES string of the molecule is c1ccc2cc3c(cc2c1)c1ccccc1n3-c1ccc(C2Nc3ccc4oc5c(-c6cc7ccccc7c7ccccc67)cccc5c4c3O2)c2ccccc12. The fraction of sp³-hybridized carbons (Fsp3) is 0.0189. The van der Waals surface area contributed by atoms with Crippen LogP contribution >= 0.6 is 0 Å². The second-order valence-electron chi connectivity index (χ2n) is 15.2. The first-order valence-corrected chi connectivity index (χ1v) is 19.5. The maximum atomic E-state index is 7.00. The summed E-state index contributed by atoms with van der Waals surface area (Å²) in [6.07, 6.45) is -0.385. The van der Waals surface area contributed by atoms with Gasteiger partial charge in [-0.1, -0.05) is 140 Å². The first-order valence-electron chi connectivity index (χ1n) is 19.5. The largest absolute Gasteiger partial charge is 0.463 e. The third-order valence-corrected chi connectivity index (χ3v) is 12.2. The molecular weight excluding hydrogens is 697 g/mol. The van der Waals surface area contributed by atoms with Crippen LogP contribution in [0.1, 0.15) is 11.8 Å². The first kappa shape index (κ1) is 30.7. The summed E-state index contributed by atoms with van der Waals surface area (Å²) < 4.78 is 16.2. The fourth-order valence-electron chi connectivity index (χ4n) is 9.66. The van der Waals surface area contributed by atoms with Crippen molar-refractivity contribution < 1.29 is 9.15 Å². The van der Waals surface area contributed by atoms with Gasteiger partial charge in [0.25, 0.3) is 0 Å². The van der Waals surface area contributed by atoms with Crippen molar-refractivity contribution in [2.75, 3.05) is 5.32 Å². The van der Waals surface area contributed by atoms with E-state index in [-0.39, 0.29) is 6.23 Å². The molecule has 1 unspecified atom stereocenters. The Morgan fingerprint density at radius 2 is 1.12 bits per heavy atom. The Balaban J connectivity index is 0.959. The summed E-state index contributed by atoms with van der Waals surface area (Å²) in [7, 11) is 0. The Morgan fingerprint density at radius 3 is 1.98 bits per heavy atom. The Morgan fingerprint density at radius 1 is 0.439 bits per heavy atom. The van der Waals surface area contributed by atoms with Crippen LogP contribution in [0, 0.1) is 0 Å². The normalized spacial score (nSPS) is 14.1. The molecule has 12 aromatic rings. The molecule has 2 aromatic heterocycles. The highest BCUT2D eigenvalue weighted by Crippen LogP contribution is 2.50. The van der Waals surface area contributed by atoms with Crippen LogP contribution in [0.5, 0.6) is 5.75 Å². The number of para-hydroxylation sites is 2. The molecule has 0 fully saturated rings. The maximum absolute atomic E-state index is 7.00. The molecule has 1 aliphatic heterocycles. The van der Waals surface area contributed by atoms with Crippen LogP contribution in [-0.4, -0.2) is 4.57 Å². The topological polar surface area (TPSA) is 39.3 Å². The van der Waals surface area contributed by atoms with Crippen molar-refractivity contribution in [3.05, 3.63) is 188 Å². The summed E-state index contributed by atoms with van der Waals surface area (Å²) in [5, 5.41) is 18.0. The Bertz CT molecular complexity index is 3670. The van der Waals surface area contributed by atoms with Crippen LogP contribution in [0.15, 0.2) is 186 Å². The summed E-state index contributed by atoms with van der Waals surface area (Å²) in [6, 6.07) is 65.4. The molecule has 0 radical (unpaired) electrons. The average molecular weight is 729 g/mol. The van der Waals surface area contributed by atoms with Crippen molar-refractivity contribution >= 4 is 92.5 Å². The van der Waals surface area contributed by atoms with Gasteiger partial charge >= 0.3 is 0 Å². The molecule has 0 spiro atoms. The lowest BCUT2D eigenvalue weighted by Crippen LogP contribution is -2.11. The van der Waals surface area contributed by atoms with Crippen molar-refractivity contribution in [1.29, 1.82) is 0 Å². The Hall–Kier alpha value is -7.56. The van der Waals surface area contributed by atoms with Gasteiger partial charge in [-0.3, -0.25) is 0 Å². The molecule has 266 valence electrons. The van der Waals surface area contributed by atoms with E-state index in [1.807, 2.05) is 0 Å². The van der Waals surface area contributed by atoms with Crippen molar-refractivity contribution in [3.63, 3.8) is 0 Å². The number of nitrogens with zero attached hydrogens (tertiary/aromatic N) is 1. The van der Waals surface area contributed by atoms with Crippen molar-refractivity contribution in [3.8, 4) is 22.6 Å². The number of benzene rings is 10. The zero-order chi connectivity index (χ0) is 37.2. The van der Waals surface area contributed by atoms with Gasteiger partial charge < -0.3 is 19.0 Å². The number of rotatable bonds is 3. The third-order valence-electron chi connectivity index (χ3n) is 12.2. The highest BCUT2D eigenvalue weighted by molar-refractivity contribution is 6.19. The smallest absolute Gasteiger partial charge is 0.197 e. The second kappa shape index (κ2) is 11.5. The van der Waals surface area contributed by atoms with E-state index in [4.69, 9.17) is 9.15 Å². The minimum atomic E-state index is -0.385. The lowest BCUT2D eigenvalue weighted by molar-refractivity contribution is 0.264. The number of hydrogen-bond acceptors (Lipinski definition) is 3. The summed E-state index contributed by atoms with van der Waals surface area (Å²) in [6.45, 7) is 0. The third kappa shape index (κ3) is 4.32. The predicted octanol–water partition coefficient (Wildman–Crippen LogP) is 14.5. The molecule has 0 bridgehead atoms. The molecule has 0 saturated carbocycles. The molecule has 13 rings (SSSR count). The predicted molar refractivity (Wildman–Crippen MR) is 237 cm³/mol. The molecule has 4 nitrogen and oxygen atoms in total. The number of nitrogens with one attached hydrogen (secondary N) is 1. The van der Waals surface area contributed by atoms with Gasteiger partial charge in [0.15, 0.2) is 12.0 Å². The van der Waals surface area contributed by atoms with E-state index in [1.54, 1.807) is 0 Å². The molecule has 0 aliphatic carbocycles. The monoisotopic (exact) mass is 728 g/mol. The number of fused-ring (bicyclic) bond motifs is 13. The van der Waals surface area contributed by atoms with E-state index in [1.165, 1.54) is 59.5 Å². The zero-order valence-corrected chi connectivity index (χ0v) is 30.7. The van der Waals surface area contributed by atoms with Crippen molar-refractivity contribution in [1.82, 2.24) is 4.57 Å². The maximum Gasteiger partial charge on any atom is 0.197 e. The van der Waals surface area contributed by atoms with Gasteiger partial charge in [0.1, 0.15) is 11.2 Å². The van der Waals surface area contributed by atoms with Crippen LogP contribution in [0.3, 0.4) is 0 Å². The van der Waals surface area contributed by atoms with E-state index >= 15 is 0 Å². The average Bonchev–Trinajstić information content (AvgIpc) is 3.97. The van der Waals surface area contributed by atoms with Crippen molar-refractivity contribution in [2.45, 2.75) is 6.23 Å². The van der Waals surface area contributed by atoms with Crippen LogP contribution in [0.2, 0.25) is 0 Å². The van der Waals surface area contributed by atoms with Crippen molar-refractivity contribution in [2.24, 2.45) is 0 Å². The van der Waals surface area contributed by atoms with E-state index in [0.717, 1.165) is 61.1 Å². The minimum Gasteiger partial charge on any atom is -0.463 e. The van der Waals surface area contributed by atoms with E-state index in [0.29, 0.717) is 0 Å². The van der Waals surface area contributed by atoms with E-state index < -0.39 is 0 Å². The van der Waals surface area contributed by atoms with Gasteiger partial charge in [0, 0.05) is 32.7 Å². The zero-order valence-electron chi connectivity index (χ0n) is 30.7. The van der Waals surface area contributed by atoms with Crippen LogP contribution in [-0.2, 0) is 0 Å². The second-order valence-corrected chi connectivity index (χ2v) is 15.2. The number of anilines is 1. The van der Waals surface area contributed by atoms with Crippen LogP contribution in [0.25, 0.3) is 104 Å². The lowest BCUT2D eigenvalue weighted by Gasteiger charge is -2.18. The van der Waals surface area contributed by atoms with Gasteiger partial charge in [0.05, 0.1) is 27.8 Å². The molecule has 1 N–H and O–H groups in total. The van der Waals surface area contributed by atoms with Gasteiger partial charge in [-0.25, -0.2) is 0 Å².